The molecule has 2 aromatic carbocycles. The van der Waals surface area contributed by atoms with Crippen LogP contribution in [-0.2, 0) is 10.3 Å². The molecule has 0 radical (unpaired) electrons. The molecular formula is C20H20FNO2. The highest BCUT2D eigenvalue weighted by Crippen LogP contribution is 2.31. The van der Waals surface area contributed by atoms with Crippen molar-refractivity contribution < 1.29 is 14.2 Å². The molecule has 1 atom stereocenters. The number of hydrogen-bond donors (Lipinski definition) is 1. The first-order valence-electron chi connectivity index (χ1n) is 7.94. The minimum absolute atomic E-state index is 0.354. The molecule has 1 unspecified atom stereocenters. The molecule has 1 saturated heterocycles. The Morgan fingerprint density at radius 3 is 2.33 bits per heavy atom. The molecular weight excluding hydrogens is 305 g/mol. The van der Waals surface area contributed by atoms with Crippen molar-refractivity contribution in [1.29, 1.82) is 0 Å². The fourth-order valence-electron chi connectivity index (χ4n) is 2.89. The molecule has 1 heterocycles. The second kappa shape index (κ2) is 6.64. The second-order valence-corrected chi connectivity index (χ2v) is 5.97. The van der Waals surface area contributed by atoms with Crippen molar-refractivity contribution >= 4 is 5.69 Å². The first kappa shape index (κ1) is 16.5. The largest absolute Gasteiger partial charge is 0.378 e. The van der Waals surface area contributed by atoms with Crippen LogP contribution in [0.15, 0.2) is 42.5 Å². The molecule has 24 heavy (non-hydrogen) atoms. The number of morpholine rings is 1. The number of anilines is 1. The molecule has 124 valence electrons. The van der Waals surface area contributed by atoms with E-state index in [9.17, 15) is 9.50 Å². The fraction of sp³-hybridized carbons (Fsp3) is 0.300. The summed E-state index contributed by atoms with van der Waals surface area (Å²) < 4.78 is 19.2. The quantitative estimate of drug-likeness (QED) is 0.881. The number of hydrogen-bond acceptors (Lipinski definition) is 3. The van der Waals surface area contributed by atoms with Crippen molar-refractivity contribution in [2.45, 2.75) is 12.5 Å². The van der Waals surface area contributed by atoms with Crippen LogP contribution in [-0.4, -0.2) is 31.4 Å². The number of terminal acetylenes is 1. The minimum Gasteiger partial charge on any atom is -0.378 e. The Hall–Kier alpha value is -2.35. The van der Waals surface area contributed by atoms with Crippen molar-refractivity contribution in [2.24, 2.45) is 0 Å². The monoisotopic (exact) mass is 325 g/mol. The highest BCUT2D eigenvalue weighted by atomic mass is 19.1. The predicted molar refractivity (Wildman–Crippen MR) is 92.4 cm³/mol. The standard InChI is InChI=1S/C20H20FNO2/c1-3-20(23,17-5-4-15(2)19(21)14-17)16-6-8-18(9-7-16)22-10-12-24-13-11-22/h1,4-9,14,23H,10-13H2,2H3. The van der Waals surface area contributed by atoms with E-state index in [1.807, 2.05) is 12.1 Å². The van der Waals surface area contributed by atoms with Crippen molar-refractivity contribution in [3.05, 3.63) is 65.0 Å². The van der Waals surface area contributed by atoms with Crippen LogP contribution in [0.4, 0.5) is 10.1 Å². The maximum atomic E-state index is 13.9. The van der Waals surface area contributed by atoms with Gasteiger partial charge in [-0.3, -0.25) is 0 Å². The molecule has 3 nitrogen and oxygen atoms in total. The lowest BCUT2D eigenvalue weighted by Gasteiger charge is -2.30. The summed E-state index contributed by atoms with van der Waals surface area (Å²) in [6.07, 6.45) is 5.59. The molecule has 2 aromatic rings. The normalized spacial score (nSPS) is 17.2. The summed E-state index contributed by atoms with van der Waals surface area (Å²) in [6.45, 7) is 4.76. The van der Waals surface area contributed by atoms with Gasteiger partial charge >= 0.3 is 0 Å². The number of benzene rings is 2. The van der Waals surface area contributed by atoms with Gasteiger partial charge in [0.15, 0.2) is 5.60 Å². The molecule has 0 aliphatic carbocycles. The maximum absolute atomic E-state index is 13.9. The average molecular weight is 325 g/mol. The Morgan fingerprint density at radius 2 is 1.75 bits per heavy atom. The average Bonchev–Trinajstić information content (AvgIpc) is 2.64. The van der Waals surface area contributed by atoms with Gasteiger partial charge in [0.05, 0.1) is 13.2 Å². The third-order valence-electron chi connectivity index (χ3n) is 4.46. The van der Waals surface area contributed by atoms with E-state index in [0.717, 1.165) is 18.8 Å². The fourth-order valence-corrected chi connectivity index (χ4v) is 2.89. The van der Waals surface area contributed by atoms with Gasteiger partial charge in [0.25, 0.3) is 0 Å². The topological polar surface area (TPSA) is 32.7 Å². The van der Waals surface area contributed by atoms with Crippen LogP contribution in [0.3, 0.4) is 0 Å². The van der Waals surface area contributed by atoms with Gasteiger partial charge in [0.1, 0.15) is 5.82 Å². The van der Waals surface area contributed by atoms with Gasteiger partial charge in [-0.25, -0.2) is 4.39 Å². The van der Waals surface area contributed by atoms with Crippen molar-refractivity contribution in [1.82, 2.24) is 0 Å². The Bertz CT molecular complexity index is 760. The highest BCUT2D eigenvalue weighted by Gasteiger charge is 2.30. The number of rotatable bonds is 3. The molecule has 0 aromatic heterocycles. The summed E-state index contributed by atoms with van der Waals surface area (Å²) in [6, 6.07) is 12.0. The van der Waals surface area contributed by atoms with Gasteiger partial charge < -0.3 is 14.7 Å². The van der Waals surface area contributed by atoms with E-state index < -0.39 is 5.60 Å². The summed E-state index contributed by atoms with van der Waals surface area (Å²) >= 11 is 0. The van der Waals surface area contributed by atoms with Crippen LogP contribution in [0, 0.1) is 25.1 Å². The number of halogens is 1. The zero-order chi connectivity index (χ0) is 17.2. The molecule has 0 bridgehead atoms. The maximum Gasteiger partial charge on any atom is 0.176 e. The molecule has 0 spiro atoms. The number of aliphatic hydroxyl groups is 1. The Kier molecular flexibility index (Phi) is 4.57. The van der Waals surface area contributed by atoms with E-state index in [1.165, 1.54) is 6.07 Å². The molecule has 1 aliphatic rings. The van der Waals surface area contributed by atoms with Crippen LogP contribution < -0.4 is 4.90 Å². The lowest BCUT2D eigenvalue weighted by Crippen LogP contribution is -2.36. The first-order chi connectivity index (χ1) is 11.5. The van der Waals surface area contributed by atoms with E-state index >= 15 is 0 Å². The summed E-state index contributed by atoms with van der Waals surface area (Å²) in [5.41, 5.74) is 0.813. The smallest absolute Gasteiger partial charge is 0.176 e. The summed E-state index contributed by atoms with van der Waals surface area (Å²) in [4.78, 5) is 2.22. The van der Waals surface area contributed by atoms with Gasteiger partial charge in [-0.15, -0.1) is 6.42 Å². The van der Waals surface area contributed by atoms with Gasteiger partial charge in [0, 0.05) is 29.9 Å². The Morgan fingerprint density at radius 1 is 1.12 bits per heavy atom. The molecule has 1 N–H and O–H groups in total. The minimum atomic E-state index is -1.65. The van der Waals surface area contributed by atoms with Crippen LogP contribution in [0.1, 0.15) is 16.7 Å². The zero-order valence-corrected chi connectivity index (χ0v) is 13.6. The predicted octanol–water partition coefficient (Wildman–Crippen LogP) is 2.84. The first-order valence-corrected chi connectivity index (χ1v) is 7.94. The molecule has 1 aliphatic heterocycles. The highest BCUT2D eigenvalue weighted by molar-refractivity contribution is 5.52. The lowest BCUT2D eigenvalue weighted by atomic mass is 9.86. The zero-order valence-electron chi connectivity index (χ0n) is 13.6. The van der Waals surface area contributed by atoms with E-state index in [1.54, 1.807) is 31.2 Å². The Balaban J connectivity index is 1.92. The van der Waals surface area contributed by atoms with E-state index in [4.69, 9.17) is 11.2 Å². The van der Waals surface area contributed by atoms with Crippen LogP contribution in [0.5, 0.6) is 0 Å². The number of nitrogens with zero attached hydrogens (tertiary/aromatic N) is 1. The van der Waals surface area contributed by atoms with Crippen molar-refractivity contribution in [3.8, 4) is 12.3 Å². The van der Waals surface area contributed by atoms with Gasteiger partial charge in [-0.2, -0.15) is 0 Å². The van der Waals surface area contributed by atoms with E-state index in [0.29, 0.717) is 29.9 Å². The third kappa shape index (κ3) is 3.01. The second-order valence-electron chi connectivity index (χ2n) is 5.97. The number of ether oxygens (including phenoxy) is 1. The molecule has 1 fully saturated rings. The van der Waals surface area contributed by atoms with Crippen LogP contribution in [0.25, 0.3) is 0 Å². The molecule has 0 amide bonds. The molecule has 3 rings (SSSR count). The third-order valence-corrected chi connectivity index (χ3v) is 4.46. The number of aryl methyl sites for hydroxylation is 1. The molecule has 4 heteroatoms. The van der Waals surface area contributed by atoms with Gasteiger partial charge in [-0.05, 0) is 30.7 Å². The van der Waals surface area contributed by atoms with Crippen molar-refractivity contribution in [2.75, 3.05) is 31.2 Å². The van der Waals surface area contributed by atoms with Crippen LogP contribution >= 0.6 is 0 Å². The Labute approximate surface area is 141 Å². The van der Waals surface area contributed by atoms with Crippen LogP contribution in [0.2, 0.25) is 0 Å². The summed E-state index contributed by atoms with van der Waals surface area (Å²) in [5.74, 6) is 2.03. The lowest BCUT2D eigenvalue weighted by molar-refractivity contribution is 0.122. The van der Waals surface area contributed by atoms with E-state index in [-0.39, 0.29) is 5.82 Å². The summed E-state index contributed by atoms with van der Waals surface area (Å²) in [7, 11) is 0. The van der Waals surface area contributed by atoms with E-state index in [2.05, 4.69) is 10.8 Å². The van der Waals surface area contributed by atoms with Crippen molar-refractivity contribution in [3.63, 3.8) is 0 Å². The SMILES string of the molecule is C#CC(O)(c1ccc(N2CCOCC2)cc1)c1ccc(C)c(F)c1. The van der Waals surface area contributed by atoms with Gasteiger partial charge in [0.2, 0.25) is 0 Å². The molecule has 0 saturated carbocycles. The van der Waals surface area contributed by atoms with Gasteiger partial charge in [-0.1, -0.05) is 30.2 Å². The summed E-state index contributed by atoms with van der Waals surface area (Å²) in [5, 5.41) is 10.9.